The molecule has 0 N–H and O–H groups in total. The number of hydrogen-bond donors (Lipinski definition) is 0. The first kappa shape index (κ1) is 12.8. The van der Waals surface area contributed by atoms with Gasteiger partial charge < -0.3 is 0 Å². The Morgan fingerprint density at radius 2 is 1.28 bits per heavy atom. The molecule has 0 spiro atoms. The maximum Gasteiger partial charge on any atom is 0.396 e. The van der Waals surface area contributed by atoms with E-state index in [1.807, 2.05) is 24.6 Å². The summed E-state index contributed by atoms with van der Waals surface area (Å²) in [6.45, 7) is 3.74. The lowest BCUT2D eigenvalue weighted by atomic mass is 10.3. The number of carbonyl (C=O) groups is 2. The van der Waals surface area contributed by atoms with E-state index in [1.165, 1.54) is 22.7 Å². The standard InChI is InChI=1S/C12H10O4S2/c1-7-3-9(17-5-7)11(13)15-16-12(14)10-4-8(2)6-18-10/h3-6H,1-2H3. The number of rotatable bonds is 2. The minimum absolute atomic E-state index is 0.405. The SMILES string of the molecule is Cc1csc(C(=O)OOC(=O)c2cc(C)cs2)c1. The lowest BCUT2D eigenvalue weighted by Gasteiger charge is -1.99. The molecule has 0 radical (unpaired) electrons. The van der Waals surface area contributed by atoms with Gasteiger partial charge in [-0.3, -0.25) is 0 Å². The van der Waals surface area contributed by atoms with Gasteiger partial charge in [-0.05, 0) is 47.9 Å². The molecule has 94 valence electrons. The fourth-order valence-corrected chi connectivity index (χ4v) is 2.76. The van der Waals surface area contributed by atoms with Gasteiger partial charge in [-0.15, -0.1) is 22.7 Å². The van der Waals surface area contributed by atoms with Crippen LogP contribution in [0.2, 0.25) is 0 Å². The van der Waals surface area contributed by atoms with Crippen molar-refractivity contribution in [2.75, 3.05) is 0 Å². The highest BCUT2D eigenvalue weighted by Crippen LogP contribution is 2.17. The van der Waals surface area contributed by atoms with Crippen LogP contribution in [0.25, 0.3) is 0 Å². The van der Waals surface area contributed by atoms with Crippen LogP contribution in [0.4, 0.5) is 0 Å². The summed E-state index contributed by atoms with van der Waals surface area (Å²) in [5.74, 6) is -1.32. The molecule has 2 aromatic heterocycles. The second-order valence-corrected chi connectivity index (χ2v) is 5.54. The van der Waals surface area contributed by atoms with E-state index in [0.717, 1.165) is 11.1 Å². The second-order valence-electron chi connectivity index (χ2n) is 3.72. The van der Waals surface area contributed by atoms with Crippen molar-refractivity contribution >= 4 is 34.6 Å². The van der Waals surface area contributed by atoms with Crippen molar-refractivity contribution in [1.82, 2.24) is 0 Å². The van der Waals surface area contributed by atoms with Gasteiger partial charge in [-0.2, -0.15) is 0 Å². The third-order valence-corrected chi connectivity index (χ3v) is 4.11. The number of thiophene rings is 2. The highest BCUT2D eigenvalue weighted by molar-refractivity contribution is 7.12. The quantitative estimate of drug-likeness (QED) is 0.626. The van der Waals surface area contributed by atoms with Gasteiger partial charge in [0.05, 0.1) is 0 Å². The molecule has 2 aromatic rings. The van der Waals surface area contributed by atoms with Crippen LogP contribution in [0.15, 0.2) is 22.9 Å². The fourth-order valence-electron chi connectivity index (χ4n) is 1.23. The molecule has 0 saturated heterocycles. The van der Waals surface area contributed by atoms with E-state index in [4.69, 9.17) is 0 Å². The maximum atomic E-state index is 11.5. The molecule has 2 heterocycles. The molecule has 2 rings (SSSR count). The molecule has 0 atom stereocenters. The van der Waals surface area contributed by atoms with Crippen molar-refractivity contribution in [3.63, 3.8) is 0 Å². The first-order chi connectivity index (χ1) is 8.56. The lowest BCUT2D eigenvalue weighted by Crippen LogP contribution is -2.09. The first-order valence-corrected chi connectivity index (χ1v) is 6.85. The minimum atomic E-state index is -0.658. The zero-order valence-electron chi connectivity index (χ0n) is 9.76. The van der Waals surface area contributed by atoms with Crippen molar-refractivity contribution in [2.24, 2.45) is 0 Å². The Kier molecular flexibility index (Phi) is 3.78. The van der Waals surface area contributed by atoms with E-state index in [2.05, 4.69) is 9.78 Å². The summed E-state index contributed by atoms with van der Waals surface area (Å²) in [5, 5.41) is 3.64. The molecule has 0 aromatic carbocycles. The second kappa shape index (κ2) is 5.32. The molecular formula is C12H10O4S2. The molecule has 0 unspecified atom stereocenters. The van der Waals surface area contributed by atoms with Crippen molar-refractivity contribution < 1.29 is 19.4 Å². The summed E-state index contributed by atoms with van der Waals surface area (Å²) in [6, 6.07) is 3.35. The lowest BCUT2D eigenvalue weighted by molar-refractivity contribution is -0.187. The summed E-state index contributed by atoms with van der Waals surface area (Å²) in [6.07, 6.45) is 0. The van der Waals surface area contributed by atoms with E-state index in [-0.39, 0.29) is 0 Å². The number of aryl methyl sites for hydroxylation is 2. The van der Waals surface area contributed by atoms with E-state index in [1.54, 1.807) is 12.1 Å². The van der Waals surface area contributed by atoms with Gasteiger partial charge in [0.1, 0.15) is 9.75 Å². The molecule has 0 bridgehead atoms. The zero-order chi connectivity index (χ0) is 13.1. The van der Waals surface area contributed by atoms with E-state index < -0.39 is 11.9 Å². The van der Waals surface area contributed by atoms with Crippen molar-refractivity contribution in [3.8, 4) is 0 Å². The predicted molar refractivity (Wildman–Crippen MR) is 68.9 cm³/mol. The molecule has 0 saturated carbocycles. The van der Waals surface area contributed by atoms with E-state index >= 15 is 0 Å². The fraction of sp³-hybridized carbons (Fsp3) is 0.167. The normalized spacial score (nSPS) is 10.1. The third-order valence-electron chi connectivity index (χ3n) is 2.06. The highest BCUT2D eigenvalue weighted by Gasteiger charge is 2.16. The summed E-state index contributed by atoms with van der Waals surface area (Å²) in [7, 11) is 0. The largest absolute Gasteiger partial charge is 0.396 e. The Balaban J connectivity index is 1.92. The smallest absolute Gasteiger partial charge is 0.241 e. The van der Waals surface area contributed by atoms with Gasteiger partial charge in [0.15, 0.2) is 0 Å². The molecule has 0 fully saturated rings. The van der Waals surface area contributed by atoms with Crippen LogP contribution >= 0.6 is 22.7 Å². The average molecular weight is 282 g/mol. The number of hydrogen-bond acceptors (Lipinski definition) is 6. The Bertz CT molecular complexity index is 530. The van der Waals surface area contributed by atoms with Gasteiger partial charge in [-0.25, -0.2) is 19.4 Å². The van der Waals surface area contributed by atoms with Crippen LogP contribution in [0.5, 0.6) is 0 Å². The highest BCUT2D eigenvalue weighted by atomic mass is 32.1. The van der Waals surface area contributed by atoms with Crippen LogP contribution in [-0.4, -0.2) is 11.9 Å². The Morgan fingerprint density at radius 3 is 1.56 bits per heavy atom. The third kappa shape index (κ3) is 2.96. The van der Waals surface area contributed by atoms with Crippen molar-refractivity contribution in [1.29, 1.82) is 0 Å². The Morgan fingerprint density at radius 1 is 0.889 bits per heavy atom. The van der Waals surface area contributed by atoms with E-state index in [0.29, 0.717) is 9.75 Å². The molecule has 4 nitrogen and oxygen atoms in total. The average Bonchev–Trinajstić information content (AvgIpc) is 2.94. The van der Waals surface area contributed by atoms with Gasteiger partial charge in [0.2, 0.25) is 0 Å². The first-order valence-electron chi connectivity index (χ1n) is 5.09. The van der Waals surface area contributed by atoms with Crippen LogP contribution in [0.1, 0.15) is 30.5 Å². The summed E-state index contributed by atoms with van der Waals surface area (Å²) < 4.78 is 0. The van der Waals surface area contributed by atoms with Crippen LogP contribution in [0, 0.1) is 13.8 Å². The van der Waals surface area contributed by atoms with Gasteiger partial charge in [0.25, 0.3) is 0 Å². The van der Waals surface area contributed by atoms with E-state index in [9.17, 15) is 9.59 Å². The molecule has 18 heavy (non-hydrogen) atoms. The number of carbonyl (C=O) groups excluding carboxylic acids is 2. The van der Waals surface area contributed by atoms with Crippen LogP contribution in [0.3, 0.4) is 0 Å². The molecule has 0 amide bonds. The molecule has 0 aliphatic rings. The summed E-state index contributed by atoms with van der Waals surface area (Å²) in [4.78, 5) is 32.8. The molecule has 0 aliphatic carbocycles. The van der Waals surface area contributed by atoms with Crippen LogP contribution in [-0.2, 0) is 9.78 Å². The monoisotopic (exact) mass is 282 g/mol. The molecular weight excluding hydrogens is 272 g/mol. The van der Waals surface area contributed by atoms with Gasteiger partial charge in [0, 0.05) is 0 Å². The van der Waals surface area contributed by atoms with Gasteiger partial charge in [-0.1, -0.05) is 0 Å². The minimum Gasteiger partial charge on any atom is -0.241 e. The molecule has 0 aliphatic heterocycles. The zero-order valence-corrected chi connectivity index (χ0v) is 11.4. The Hall–Kier alpha value is -1.66. The summed E-state index contributed by atoms with van der Waals surface area (Å²) >= 11 is 2.49. The topological polar surface area (TPSA) is 52.6 Å². The maximum absolute atomic E-state index is 11.5. The molecule has 6 heteroatoms. The van der Waals surface area contributed by atoms with Crippen LogP contribution < -0.4 is 0 Å². The predicted octanol–water partition coefficient (Wildman–Crippen LogP) is 3.36. The van der Waals surface area contributed by atoms with Gasteiger partial charge >= 0.3 is 11.9 Å². The van der Waals surface area contributed by atoms with Crippen molar-refractivity contribution in [2.45, 2.75) is 13.8 Å². The Labute approximate surface area is 112 Å². The summed E-state index contributed by atoms with van der Waals surface area (Å²) in [5.41, 5.74) is 1.93. The van der Waals surface area contributed by atoms with Crippen molar-refractivity contribution in [3.05, 3.63) is 43.8 Å².